The predicted octanol–water partition coefficient (Wildman–Crippen LogP) is 3.44. The second-order valence-electron chi connectivity index (χ2n) is 3.37. The van der Waals surface area contributed by atoms with E-state index < -0.39 is 10.0 Å². The molecule has 0 amide bonds. The number of rotatable bonds is 3. The second kappa shape index (κ2) is 4.97. The summed E-state index contributed by atoms with van der Waals surface area (Å²) in [5.74, 6) is 0. The molecule has 0 saturated heterocycles. The minimum absolute atomic E-state index is 0.104. The Bertz CT molecular complexity index is 663. The van der Waals surface area contributed by atoms with E-state index in [4.69, 9.17) is 28.9 Å². The van der Waals surface area contributed by atoms with Crippen LogP contribution in [0, 0.1) is 0 Å². The van der Waals surface area contributed by atoms with Crippen molar-refractivity contribution in [3.05, 3.63) is 39.7 Å². The summed E-state index contributed by atoms with van der Waals surface area (Å²) in [7, 11) is -3.72. The monoisotopic (exact) mass is 322 g/mol. The van der Waals surface area contributed by atoms with Gasteiger partial charge in [0.25, 0.3) is 10.0 Å². The minimum Gasteiger partial charge on any atom is -0.397 e. The summed E-state index contributed by atoms with van der Waals surface area (Å²) < 4.78 is 26.9. The Balaban J connectivity index is 2.40. The van der Waals surface area contributed by atoms with Gasteiger partial charge in [0.2, 0.25) is 0 Å². The summed E-state index contributed by atoms with van der Waals surface area (Å²) in [5.41, 5.74) is 6.11. The van der Waals surface area contributed by atoms with Gasteiger partial charge in [0, 0.05) is 0 Å². The van der Waals surface area contributed by atoms with E-state index in [1.165, 1.54) is 12.1 Å². The molecule has 0 aliphatic rings. The van der Waals surface area contributed by atoms with Gasteiger partial charge >= 0.3 is 0 Å². The maximum Gasteiger partial charge on any atom is 0.271 e. The predicted molar refractivity (Wildman–Crippen MR) is 76.0 cm³/mol. The largest absolute Gasteiger partial charge is 0.397 e. The van der Waals surface area contributed by atoms with Crippen molar-refractivity contribution in [2.24, 2.45) is 0 Å². The van der Waals surface area contributed by atoms with E-state index in [1.54, 1.807) is 18.2 Å². The number of anilines is 2. The van der Waals surface area contributed by atoms with Crippen molar-refractivity contribution in [1.29, 1.82) is 0 Å². The molecule has 3 N–H and O–H groups in total. The van der Waals surface area contributed by atoms with E-state index in [9.17, 15) is 8.42 Å². The van der Waals surface area contributed by atoms with Gasteiger partial charge in [-0.25, -0.2) is 8.42 Å². The first kappa shape index (κ1) is 13.5. The highest BCUT2D eigenvalue weighted by molar-refractivity contribution is 7.94. The lowest BCUT2D eigenvalue weighted by molar-refractivity contribution is 0.603. The van der Waals surface area contributed by atoms with Crippen molar-refractivity contribution in [1.82, 2.24) is 0 Å². The molecular weight excluding hydrogens is 315 g/mol. The van der Waals surface area contributed by atoms with Crippen molar-refractivity contribution in [2.75, 3.05) is 10.5 Å². The Labute approximate surface area is 118 Å². The molecule has 0 bridgehead atoms. The van der Waals surface area contributed by atoms with Crippen LogP contribution in [0.25, 0.3) is 0 Å². The highest BCUT2D eigenvalue weighted by atomic mass is 35.5. The zero-order chi connectivity index (χ0) is 13.3. The standard InChI is InChI=1S/C10H8Cl2N2O2S2/c11-6-2-1-3-7(13)10(6)14-18(15,16)9-5-4-8(12)17-9/h1-5,14H,13H2. The number of hydrogen-bond acceptors (Lipinski definition) is 4. The third kappa shape index (κ3) is 2.72. The maximum atomic E-state index is 12.0. The molecule has 0 spiro atoms. The van der Waals surface area contributed by atoms with Crippen LogP contribution in [-0.4, -0.2) is 8.42 Å². The number of sulfonamides is 1. The van der Waals surface area contributed by atoms with E-state index in [0.29, 0.717) is 4.34 Å². The minimum atomic E-state index is -3.72. The van der Waals surface area contributed by atoms with E-state index >= 15 is 0 Å². The Kier molecular flexibility index (Phi) is 3.72. The first-order valence-electron chi connectivity index (χ1n) is 4.72. The van der Waals surface area contributed by atoms with E-state index in [1.807, 2.05) is 0 Å². The lowest BCUT2D eigenvalue weighted by Crippen LogP contribution is -2.13. The number of nitrogens with one attached hydrogen (secondary N) is 1. The van der Waals surface area contributed by atoms with Crippen molar-refractivity contribution in [3.63, 3.8) is 0 Å². The lowest BCUT2D eigenvalue weighted by atomic mass is 10.3. The normalized spacial score (nSPS) is 11.4. The molecule has 0 unspecified atom stereocenters. The quantitative estimate of drug-likeness (QED) is 0.850. The molecule has 2 rings (SSSR count). The number of halogens is 2. The van der Waals surface area contributed by atoms with Gasteiger partial charge in [0.15, 0.2) is 0 Å². The highest BCUT2D eigenvalue weighted by Crippen LogP contribution is 2.32. The third-order valence-corrected chi connectivity index (χ3v) is 5.48. The first-order valence-corrected chi connectivity index (χ1v) is 7.78. The summed E-state index contributed by atoms with van der Waals surface area (Å²) in [6, 6.07) is 7.68. The lowest BCUT2D eigenvalue weighted by Gasteiger charge is -2.10. The number of thiophene rings is 1. The van der Waals surface area contributed by atoms with Crippen molar-refractivity contribution in [3.8, 4) is 0 Å². The van der Waals surface area contributed by atoms with Crippen LogP contribution in [0.5, 0.6) is 0 Å². The van der Waals surface area contributed by atoms with Crippen molar-refractivity contribution in [2.45, 2.75) is 4.21 Å². The Hall–Kier alpha value is -0.950. The van der Waals surface area contributed by atoms with Crippen LogP contribution in [-0.2, 0) is 10.0 Å². The molecule has 8 heteroatoms. The van der Waals surface area contributed by atoms with Gasteiger partial charge in [-0.1, -0.05) is 29.3 Å². The summed E-state index contributed by atoms with van der Waals surface area (Å²) in [4.78, 5) is 0. The molecule has 4 nitrogen and oxygen atoms in total. The van der Waals surface area contributed by atoms with Gasteiger partial charge in [0.05, 0.1) is 20.7 Å². The molecule has 1 heterocycles. The first-order chi connectivity index (χ1) is 8.40. The fraction of sp³-hybridized carbons (Fsp3) is 0. The summed E-state index contributed by atoms with van der Waals surface area (Å²) >= 11 is 12.6. The van der Waals surface area contributed by atoms with Crippen LogP contribution in [0.2, 0.25) is 9.36 Å². The Morgan fingerprint density at radius 1 is 1.17 bits per heavy atom. The number of hydrogen-bond donors (Lipinski definition) is 2. The number of nitrogen functional groups attached to an aromatic ring is 1. The smallest absolute Gasteiger partial charge is 0.271 e. The Morgan fingerprint density at radius 2 is 1.89 bits per heavy atom. The van der Waals surface area contributed by atoms with Gasteiger partial charge in [-0.15, -0.1) is 11.3 Å². The van der Waals surface area contributed by atoms with Crippen LogP contribution < -0.4 is 10.5 Å². The number of nitrogens with two attached hydrogens (primary N) is 1. The summed E-state index contributed by atoms with van der Waals surface area (Å²) in [5, 5.41) is 0.237. The topological polar surface area (TPSA) is 72.2 Å². The molecule has 0 aliphatic heterocycles. The molecule has 0 radical (unpaired) electrons. The van der Waals surface area contributed by atoms with Gasteiger partial charge < -0.3 is 5.73 Å². The van der Waals surface area contributed by atoms with Gasteiger partial charge in [-0.05, 0) is 24.3 Å². The second-order valence-corrected chi connectivity index (χ2v) is 7.40. The molecule has 0 atom stereocenters. The van der Waals surface area contributed by atoms with Crippen molar-refractivity contribution < 1.29 is 8.42 Å². The average Bonchev–Trinajstić information content (AvgIpc) is 2.71. The third-order valence-electron chi connectivity index (χ3n) is 2.10. The zero-order valence-corrected chi connectivity index (χ0v) is 12.0. The SMILES string of the molecule is Nc1cccc(Cl)c1NS(=O)(=O)c1ccc(Cl)s1. The van der Waals surface area contributed by atoms with Gasteiger partial charge in [0.1, 0.15) is 4.21 Å². The van der Waals surface area contributed by atoms with Crippen LogP contribution in [0.1, 0.15) is 0 Å². The Morgan fingerprint density at radius 3 is 2.44 bits per heavy atom. The summed E-state index contributed by atoms with van der Waals surface area (Å²) in [6.07, 6.45) is 0. The molecule has 18 heavy (non-hydrogen) atoms. The molecule has 1 aromatic carbocycles. The van der Waals surface area contributed by atoms with E-state index in [-0.39, 0.29) is 20.6 Å². The molecule has 0 aliphatic carbocycles. The molecule has 0 saturated carbocycles. The molecule has 96 valence electrons. The molecule has 2 aromatic rings. The maximum absolute atomic E-state index is 12.0. The fourth-order valence-corrected chi connectivity index (χ4v) is 4.15. The van der Waals surface area contributed by atoms with Gasteiger partial charge in [-0.3, -0.25) is 4.72 Å². The van der Waals surface area contributed by atoms with Crippen LogP contribution in [0.3, 0.4) is 0 Å². The summed E-state index contributed by atoms with van der Waals surface area (Å²) in [6.45, 7) is 0. The van der Waals surface area contributed by atoms with E-state index in [2.05, 4.69) is 4.72 Å². The molecular formula is C10H8Cl2N2O2S2. The van der Waals surface area contributed by atoms with Crippen molar-refractivity contribution >= 4 is 55.9 Å². The van der Waals surface area contributed by atoms with Crippen LogP contribution in [0.4, 0.5) is 11.4 Å². The molecule has 0 fully saturated rings. The van der Waals surface area contributed by atoms with Crippen LogP contribution >= 0.6 is 34.5 Å². The highest BCUT2D eigenvalue weighted by Gasteiger charge is 2.19. The molecule has 1 aromatic heterocycles. The number of para-hydroxylation sites is 1. The zero-order valence-electron chi connectivity index (χ0n) is 8.85. The van der Waals surface area contributed by atoms with Crippen LogP contribution in [0.15, 0.2) is 34.5 Å². The average molecular weight is 323 g/mol. The van der Waals surface area contributed by atoms with E-state index in [0.717, 1.165) is 11.3 Å². The number of benzene rings is 1. The van der Waals surface area contributed by atoms with Gasteiger partial charge in [-0.2, -0.15) is 0 Å². The fourth-order valence-electron chi connectivity index (χ4n) is 1.28.